The first-order valence-corrected chi connectivity index (χ1v) is 5.70. The molecule has 0 aliphatic heterocycles. The smallest absolute Gasteiger partial charge is 0.230 e. The third-order valence-corrected chi connectivity index (χ3v) is 2.58. The molecule has 0 saturated carbocycles. The van der Waals surface area contributed by atoms with Gasteiger partial charge in [-0.2, -0.15) is 5.10 Å². The number of nitrogens with one attached hydrogen (secondary N) is 2. The highest BCUT2D eigenvalue weighted by molar-refractivity contribution is 5.92. The number of rotatable bonds is 4. The van der Waals surface area contributed by atoms with Crippen LogP contribution in [0.3, 0.4) is 0 Å². The second-order valence-corrected chi connectivity index (χ2v) is 4.25. The predicted molar refractivity (Wildman–Crippen MR) is 71.7 cm³/mol. The Hall–Kier alpha value is -2.30. The molecule has 18 heavy (non-hydrogen) atoms. The summed E-state index contributed by atoms with van der Waals surface area (Å²) in [6.45, 7) is 0. The molecule has 1 heterocycles. The number of amides is 1. The van der Waals surface area contributed by atoms with Crippen LogP contribution in [0.4, 0.5) is 11.4 Å². The molecule has 1 amide bonds. The van der Waals surface area contributed by atoms with Gasteiger partial charge in [0.05, 0.1) is 6.42 Å². The van der Waals surface area contributed by atoms with E-state index < -0.39 is 0 Å². The zero-order chi connectivity index (χ0) is 13.0. The molecule has 0 saturated heterocycles. The Labute approximate surface area is 106 Å². The minimum atomic E-state index is -0.0585. The fourth-order valence-corrected chi connectivity index (χ4v) is 1.60. The SMILES string of the molecule is CN(C)c1ccc(NC(=O)Cc2ccn[nH]2)cc1. The highest BCUT2D eigenvalue weighted by Crippen LogP contribution is 2.15. The van der Waals surface area contributed by atoms with Crippen molar-refractivity contribution < 1.29 is 4.79 Å². The van der Waals surface area contributed by atoms with Crippen molar-refractivity contribution in [1.29, 1.82) is 0 Å². The lowest BCUT2D eigenvalue weighted by Crippen LogP contribution is -2.15. The van der Waals surface area contributed by atoms with Crippen LogP contribution in [0.15, 0.2) is 36.5 Å². The third kappa shape index (κ3) is 3.10. The zero-order valence-corrected chi connectivity index (χ0v) is 10.5. The summed E-state index contributed by atoms with van der Waals surface area (Å²) in [5.74, 6) is -0.0585. The lowest BCUT2D eigenvalue weighted by Gasteiger charge is -2.12. The van der Waals surface area contributed by atoms with Crippen molar-refractivity contribution in [3.63, 3.8) is 0 Å². The first-order chi connectivity index (χ1) is 8.65. The molecular formula is C13H16N4O. The molecule has 94 valence electrons. The van der Waals surface area contributed by atoms with E-state index in [1.165, 1.54) is 0 Å². The molecule has 2 rings (SSSR count). The summed E-state index contributed by atoms with van der Waals surface area (Å²) in [5.41, 5.74) is 2.70. The minimum absolute atomic E-state index is 0.0585. The molecule has 0 fully saturated rings. The van der Waals surface area contributed by atoms with E-state index in [2.05, 4.69) is 15.5 Å². The predicted octanol–water partition coefficient (Wildman–Crippen LogP) is 1.66. The van der Waals surface area contributed by atoms with Gasteiger partial charge in [-0.1, -0.05) is 0 Å². The Morgan fingerprint density at radius 3 is 2.56 bits per heavy atom. The lowest BCUT2D eigenvalue weighted by atomic mass is 10.2. The maximum absolute atomic E-state index is 11.7. The van der Waals surface area contributed by atoms with Gasteiger partial charge in [0, 0.05) is 37.4 Å². The maximum atomic E-state index is 11.7. The van der Waals surface area contributed by atoms with E-state index in [0.717, 1.165) is 17.1 Å². The standard InChI is InChI=1S/C13H16N4O/c1-17(2)12-5-3-10(4-6-12)15-13(18)9-11-7-8-14-16-11/h3-8H,9H2,1-2H3,(H,14,16)(H,15,18). The van der Waals surface area contributed by atoms with E-state index in [1.807, 2.05) is 43.3 Å². The molecule has 0 aliphatic carbocycles. The van der Waals surface area contributed by atoms with E-state index in [9.17, 15) is 4.79 Å². The normalized spacial score (nSPS) is 10.1. The van der Waals surface area contributed by atoms with Crippen LogP contribution in [-0.4, -0.2) is 30.2 Å². The molecule has 0 radical (unpaired) electrons. The summed E-state index contributed by atoms with van der Waals surface area (Å²) in [6.07, 6.45) is 1.93. The number of nitrogens with zero attached hydrogens (tertiary/aromatic N) is 2. The zero-order valence-electron chi connectivity index (χ0n) is 10.5. The second-order valence-electron chi connectivity index (χ2n) is 4.25. The van der Waals surface area contributed by atoms with Crippen LogP contribution in [0.1, 0.15) is 5.69 Å². The molecule has 0 unspecified atom stereocenters. The lowest BCUT2D eigenvalue weighted by molar-refractivity contribution is -0.115. The first-order valence-electron chi connectivity index (χ1n) is 5.70. The number of carbonyl (C=O) groups excluding carboxylic acids is 1. The van der Waals surface area contributed by atoms with Crippen LogP contribution in [0, 0.1) is 0 Å². The fraction of sp³-hybridized carbons (Fsp3) is 0.231. The van der Waals surface area contributed by atoms with Crippen LogP contribution < -0.4 is 10.2 Å². The van der Waals surface area contributed by atoms with Gasteiger partial charge < -0.3 is 10.2 Å². The van der Waals surface area contributed by atoms with Crippen LogP contribution in [-0.2, 0) is 11.2 Å². The highest BCUT2D eigenvalue weighted by atomic mass is 16.1. The first kappa shape index (κ1) is 12.2. The molecule has 2 N–H and O–H groups in total. The summed E-state index contributed by atoms with van der Waals surface area (Å²) in [6, 6.07) is 9.49. The Morgan fingerprint density at radius 2 is 2.00 bits per heavy atom. The van der Waals surface area contributed by atoms with Crippen LogP contribution in [0.5, 0.6) is 0 Å². The van der Waals surface area contributed by atoms with E-state index in [-0.39, 0.29) is 5.91 Å². The van der Waals surface area contributed by atoms with Crippen molar-refractivity contribution in [2.24, 2.45) is 0 Å². The number of hydrogen-bond acceptors (Lipinski definition) is 3. The van der Waals surface area contributed by atoms with Crippen molar-refractivity contribution in [2.75, 3.05) is 24.3 Å². The minimum Gasteiger partial charge on any atom is -0.378 e. The van der Waals surface area contributed by atoms with Gasteiger partial charge >= 0.3 is 0 Å². The molecule has 0 bridgehead atoms. The monoisotopic (exact) mass is 244 g/mol. The van der Waals surface area contributed by atoms with Gasteiger partial charge in [0.1, 0.15) is 0 Å². The average molecular weight is 244 g/mol. The summed E-state index contributed by atoms with van der Waals surface area (Å²) < 4.78 is 0. The Balaban J connectivity index is 1.95. The van der Waals surface area contributed by atoms with E-state index in [0.29, 0.717) is 6.42 Å². The largest absolute Gasteiger partial charge is 0.378 e. The molecule has 0 aliphatic rings. The highest BCUT2D eigenvalue weighted by Gasteiger charge is 2.05. The summed E-state index contributed by atoms with van der Waals surface area (Å²) >= 11 is 0. The van der Waals surface area contributed by atoms with Gasteiger partial charge in [-0.3, -0.25) is 9.89 Å². The molecule has 5 nitrogen and oxygen atoms in total. The summed E-state index contributed by atoms with van der Waals surface area (Å²) in [7, 11) is 3.96. The number of carbonyl (C=O) groups is 1. The fourth-order valence-electron chi connectivity index (χ4n) is 1.60. The van der Waals surface area contributed by atoms with Crippen molar-refractivity contribution in [2.45, 2.75) is 6.42 Å². The van der Waals surface area contributed by atoms with Gasteiger partial charge in [-0.25, -0.2) is 0 Å². The summed E-state index contributed by atoms with van der Waals surface area (Å²) in [5, 5.41) is 9.40. The average Bonchev–Trinajstić information content (AvgIpc) is 2.82. The number of aromatic nitrogens is 2. The number of anilines is 2. The third-order valence-electron chi connectivity index (χ3n) is 2.58. The van der Waals surface area contributed by atoms with Gasteiger partial charge in [-0.15, -0.1) is 0 Å². The van der Waals surface area contributed by atoms with Gasteiger partial charge in [0.2, 0.25) is 5.91 Å². The van der Waals surface area contributed by atoms with E-state index in [1.54, 1.807) is 12.3 Å². The number of benzene rings is 1. The number of H-pyrrole nitrogens is 1. The molecule has 0 atom stereocenters. The molecule has 0 spiro atoms. The maximum Gasteiger partial charge on any atom is 0.230 e. The second kappa shape index (κ2) is 5.35. The molecule has 1 aromatic heterocycles. The van der Waals surface area contributed by atoms with E-state index in [4.69, 9.17) is 0 Å². The van der Waals surface area contributed by atoms with Crippen molar-refractivity contribution >= 4 is 17.3 Å². The van der Waals surface area contributed by atoms with Gasteiger partial charge in [-0.05, 0) is 30.3 Å². The topological polar surface area (TPSA) is 61.0 Å². The van der Waals surface area contributed by atoms with Gasteiger partial charge in [0.25, 0.3) is 0 Å². The Bertz CT molecular complexity index is 502. The Kier molecular flexibility index (Phi) is 3.62. The van der Waals surface area contributed by atoms with Crippen molar-refractivity contribution in [3.05, 3.63) is 42.2 Å². The van der Waals surface area contributed by atoms with Gasteiger partial charge in [0.15, 0.2) is 0 Å². The summed E-state index contributed by atoms with van der Waals surface area (Å²) in [4.78, 5) is 13.7. The number of aromatic amines is 1. The molecular weight excluding hydrogens is 228 g/mol. The van der Waals surface area contributed by atoms with Crippen LogP contribution in [0.2, 0.25) is 0 Å². The molecule has 5 heteroatoms. The molecule has 1 aromatic carbocycles. The van der Waals surface area contributed by atoms with Crippen LogP contribution in [0.25, 0.3) is 0 Å². The van der Waals surface area contributed by atoms with E-state index >= 15 is 0 Å². The number of hydrogen-bond donors (Lipinski definition) is 2. The molecule has 2 aromatic rings. The van der Waals surface area contributed by atoms with Crippen molar-refractivity contribution in [3.8, 4) is 0 Å². The quantitative estimate of drug-likeness (QED) is 0.859. The van der Waals surface area contributed by atoms with Crippen molar-refractivity contribution in [1.82, 2.24) is 10.2 Å². The Morgan fingerprint density at radius 1 is 1.28 bits per heavy atom. The van der Waals surface area contributed by atoms with Crippen LogP contribution >= 0.6 is 0 Å².